The highest BCUT2D eigenvalue weighted by molar-refractivity contribution is 6.07. The summed E-state index contributed by atoms with van der Waals surface area (Å²) in [7, 11) is 0. The normalized spacial score (nSPS) is 15.5. The number of amides is 2. The zero-order chi connectivity index (χ0) is 15.4. The number of carbonyl (C=O) groups is 2. The van der Waals surface area contributed by atoms with Crippen LogP contribution in [-0.2, 0) is 4.79 Å². The minimum Gasteiger partial charge on any atom is -0.273 e. The molecule has 0 spiro atoms. The lowest BCUT2D eigenvalue weighted by Gasteiger charge is -2.20. The van der Waals surface area contributed by atoms with Crippen molar-refractivity contribution in [3.63, 3.8) is 0 Å². The Morgan fingerprint density at radius 1 is 0.864 bits per heavy atom. The summed E-state index contributed by atoms with van der Waals surface area (Å²) in [5, 5.41) is 1.89. The number of carbonyl (C=O) groups excluding carboxylic acids is 2. The van der Waals surface area contributed by atoms with Crippen molar-refractivity contribution in [2.45, 2.75) is 32.1 Å². The number of hydrogen-bond donors (Lipinski definition) is 2. The molecule has 0 unspecified atom stereocenters. The van der Waals surface area contributed by atoms with E-state index in [0.717, 1.165) is 36.5 Å². The highest BCUT2D eigenvalue weighted by Crippen LogP contribution is 2.23. The van der Waals surface area contributed by atoms with Crippen LogP contribution >= 0.6 is 0 Å². The molecule has 0 aliphatic heterocycles. The Morgan fingerprint density at radius 2 is 1.59 bits per heavy atom. The molecule has 114 valence electrons. The van der Waals surface area contributed by atoms with Crippen molar-refractivity contribution in [3.05, 3.63) is 48.0 Å². The van der Waals surface area contributed by atoms with Gasteiger partial charge in [0.1, 0.15) is 0 Å². The number of rotatable bonds is 2. The second-order valence-corrected chi connectivity index (χ2v) is 5.81. The first kappa shape index (κ1) is 14.6. The molecule has 2 N–H and O–H groups in total. The van der Waals surface area contributed by atoms with Crippen LogP contribution in [0.3, 0.4) is 0 Å². The summed E-state index contributed by atoms with van der Waals surface area (Å²) in [6, 6.07) is 13.3. The summed E-state index contributed by atoms with van der Waals surface area (Å²) < 4.78 is 0. The molecule has 4 nitrogen and oxygen atoms in total. The molecule has 0 aromatic heterocycles. The Kier molecular flexibility index (Phi) is 4.37. The molecule has 3 rings (SSSR count). The van der Waals surface area contributed by atoms with Gasteiger partial charge in [-0.15, -0.1) is 0 Å². The summed E-state index contributed by atoms with van der Waals surface area (Å²) in [4.78, 5) is 24.4. The van der Waals surface area contributed by atoms with Gasteiger partial charge in [-0.25, -0.2) is 0 Å². The molecule has 2 aromatic rings. The molecule has 0 atom stereocenters. The van der Waals surface area contributed by atoms with Gasteiger partial charge in [0.2, 0.25) is 5.91 Å². The lowest BCUT2D eigenvalue weighted by atomic mass is 9.89. The SMILES string of the molecule is O=C(NNC(=O)C1CCCCC1)c1cccc2ccccc12. The van der Waals surface area contributed by atoms with Crippen LogP contribution in [-0.4, -0.2) is 11.8 Å². The maximum Gasteiger partial charge on any atom is 0.270 e. The molecule has 0 radical (unpaired) electrons. The Morgan fingerprint density at radius 3 is 2.41 bits per heavy atom. The van der Waals surface area contributed by atoms with Gasteiger partial charge in [0.25, 0.3) is 5.91 Å². The molecule has 0 bridgehead atoms. The van der Waals surface area contributed by atoms with Crippen LogP contribution in [0.5, 0.6) is 0 Å². The first-order valence-electron chi connectivity index (χ1n) is 7.83. The van der Waals surface area contributed by atoms with Crippen LogP contribution in [0.4, 0.5) is 0 Å². The van der Waals surface area contributed by atoms with Crippen LogP contribution in [0, 0.1) is 5.92 Å². The van der Waals surface area contributed by atoms with E-state index in [9.17, 15) is 9.59 Å². The molecule has 2 amide bonds. The molecule has 0 saturated heterocycles. The van der Waals surface area contributed by atoms with Gasteiger partial charge >= 0.3 is 0 Å². The van der Waals surface area contributed by atoms with Gasteiger partial charge < -0.3 is 0 Å². The Bertz CT molecular complexity index is 685. The Hall–Kier alpha value is -2.36. The molecule has 22 heavy (non-hydrogen) atoms. The Labute approximate surface area is 129 Å². The van der Waals surface area contributed by atoms with E-state index in [0.29, 0.717) is 5.56 Å². The molecule has 1 fully saturated rings. The van der Waals surface area contributed by atoms with Gasteiger partial charge in [0, 0.05) is 11.5 Å². The average molecular weight is 296 g/mol. The monoisotopic (exact) mass is 296 g/mol. The fourth-order valence-corrected chi connectivity index (χ4v) is 3.08. The topological polar surface area (TPSA) is 58.2 Å². The van der Waals surface area contributed by atoms with Crippen molar-refractivity contribution in [2.75, 3.05) is 0 Å². The minimum absolute atomic E-state index is 0.0292. The highest BCUT2D eigenvalue weighted by atomic mass is 16.2. The van der Waals surface area contributed by atoms with Crippen molar-refractivity contribution < 1.29 is 9.59 Å². The largest absolute Gasteiger partial charge is 0.273 e. The molecule has 2 aromatic carbocycles. The quantitative estimate of drug-likeness (QED) is 0.836. The predicted molar refractivity (Wildman–Crippen MR) is 86.1 cm³/mol. The van der Waals surface area contributed by atoms with Gasteiger partial charge in [-0.1, -0.05) is 55.7 Å². The van der Waals surface area contributed by atoms with Crippen molar-refractivity contribution in [1.29, 1.82) is 0 Å². The van der Waals surface area contributed by atoms with E-state index >= 15 is 0 Å². The fourth-order valence-electron chi connectivity index (χ4n) is 3.08. The fraction of sp³-hybridized carbons (Fsp3) is 0.333. The Balaban J connectivity index is 1.67. The lowest BCUT2D eigenvalue weighted by molar-refractivity contribution is -0.126. The average Bonchev–Trinajstić information content (AvgIpc) is 2.59. The van der Waals surface area contributed by atoms with Crippen molar-refractivity contribution >= 4 is 22.6 Å². The number of benzene rings is 2. The number of nitrogens with one attached hydrogen (secondary N) is 2. The summed E-state index contributed by atoms with van der Waals surface area (Å²) in [6.07, 6.45) is 5.21. The third-order valence-electron chi connectivity index (χ3n) is 4.31. The predicted octanol–water partition coefficient (Wildman–Crippen LogP) is 3.18. The second-order valence-electron chi connectivity index (χ2n) is 5.81. The first-order chi connectivity index (χ1) is 10.8. The summed E-state index contributed by atoms with van der Waals surface area (Å²) in [6.45, 7) is 0. The maximum atomic E-state index is 12.3. The van der Waals surface area contributed by atoms with E-state index in [4.69, 9.17) is 0 Å². The molecule has 4 heteroatoms. The van der Waals surface area contributed by atoms with Crippen LogP contribution < -0.4 is 10.9 Å². The number of hydrazine groups is 1. The van der Waals surface area contributed by atoms with E-state index in [1.807, 2.05) is 36.4 Å². The van der Waals surface area contributed by atoms with Crippen molar-refractivity contribution in [1.82, 2.24) is 10.9 Å². The van der Waals surface area contributed by atoms with E-state index in [-0.39, 0.29) is 17.7 Å². The summed E-state index contributed by atoms with van der Waals surface area (Å²) in [5.74, 6) is -0.323. The third-order valence-corrected chi connectivity index (χ3v) is 4.31. The molecular weight excluding hydrogens is 276 g/mol. The number of fused-ring (bicyclic) bond motifs is 1. The zero-order valence-electron chi connectivity index (χ0n) is 12.5. The number of hydrogen-bond acceptors (Lipinski definition) is 2. The lowest BCUT2D eigenvalue weighted by Crippen LogP contribution is -2.45. The molecule has 0 heterocycles. The van der Waals surface area contributed by atoms with E-state index in [2.05, 4.69) is 10.9 Å². The highest BCUT2D eigenvalue weighted by Gasteiger charge is 2.21. The van der Waals surface area contributed by atoms with Gasteiger partial charge in [0.15, 0.2) is 0 Å². The smallest absolute Gasteiger partial charge is 0.270 e. The zero-order valence-corrected chi connectivity index (χ0v) is 12.5. The van der Waals surface area contributed by atoms with E-state index < -0.39 is 0 Å². The van der Waals surface area contributed by atoms with Crippen molar-refractivity contribution in [2.24, 2.45) is 5.92 Å². The summed E-state index contributed by atoms with van der Waals surface area (Å²) in [5.41, 5.74) is 5.70. The molecule has 1 aliphatic carbocycles. The van der Waals surface area contributed by atoms with Crippen LogP contribution in [0.15, 0.2) is 42.5 Å². The van der Waals surface area contributed by atoms with Gasteiger partial charge in [0.05, 0.1) is 0 Å². The van der Waals surface area contributed by atoms with Gasteiger partial charge in [-0.2, -0.15) is 0 Å². The molecule has 1 aliphatic rings. The van der Waals surface area contributed by atoms with Gasteiger partial charge in [-0.3, -0.25) is 20.4 Å². The van der Waals surface area contributed by atoms with Crippen LogP contribution in [0.1, 0.15) is 42.5 Å². The molecular formula is C18H20N2O2. The van der Waals surface area contributed by atoms with Crippen LogP contribution in [0.25, 0.3) is 10.8 Å². The standard InChI is InChI=1S/C18H20N2O2/c21-17(14-8-2-1-3-9-14)19-20-18(22)16-12-6-10-13-7-4-5-11-15(13)16/h4-7,10-12,14H,1-3,8-9H2,(H,19,21)(H,20,22). The third kappa shape index (κ3) is 3.11. The molecule has 1 saturated carbocycles. The van der Waals surface area contributed by atoms with Gasteiger partial charge in [-0.05, 0) is 29.7 Å². The summed E-state index contributed by atoms with van der Waals surface area (Å²) >= 11 is 0. The van der Waals surface area contributed by atoms with E-state index in [1.54, 1.807) is 6.07 Å². The van der Waals surface area contributed by atoms with Crippen molar-refractivity contribution in [3.8, 4) is 0 Å². The first-order valence-corrected chi connectivity index (χ1v) is 7.83. The minimum atomic E-state index is -0.277. The van der Waals surface area contributed by atoms with E-state index in [1.165, 1.54) is 6.42 Å². The second kappa shape index (κ2) is 6.60. The van der Waals surface area contributed by atoms with Crippen LogP contribution in [0.2, 0.25) is 0 Å². The maximum absolute atomic E-state index is 12.3.